The summed E-state index contributed by atoms with van der Waals surface area (Å²) in [6.07, 6.45) is 1.45. The predicted octanol–water partition coefficient (Wildman–Crippen LogP) is 1.69. The minimum absolute atomic E-state index is 0.367. The van der Waals surface area contributed by atoms with E-state index in [1.165, 1.54) is 13.1 Å². The van der Waals surface area contributed by atoms with Gasteiger partial charge in [-0.05, 0) is 32.4 Å². The van der Waals surface area contributed by atoms with Crippen LogP contribution in [0.25, 0.3) is 5.69 Å². The Morgan fingerprint density at radius 2 is 1.95 bits per heavy atom. The van der Waals surface area contributed by atoms with Crippen LogP contribution in [0.1, 0.15) is 28.5 Å². The lowest BCUT2D eigenvalue weighted by Crippen LogP contribution is -2.38. The average Bonchev–Trinajstić information content (AvgIpc) is 2.81. The van der Waals surface area contributed by atoms with Crippen molar-refractivity contribution in [1.29, 1.82) is 0 Å². The molecule has 0 aliphatic heterocycles. The van der Waals surface area contributed by atoms with Gasteiger partial charge < -0.3 is 10.4 Å². The number of para-hydroxylation sites is 1. The second kappa shape index (κ2) is 5.78. The van der Waals surface area contributed by atoms with Crippen LogP contribution in [0.15, 0.2) is 30.5 Å². The first kappa shape index (κ1) is 14.8. The average molecular weight is 287 g/mol. The molecule has 0 saturated carbocycles. The van der Waals surface area contributed by atoms with Crippen LogP contribution in [0.4, 0.5) is 0 Å². The molecular formula is C15H17N3O3. The minimum atomic E-state index is -1.08. The summed E-state index contributed by atoms with van der Waals surface area (Å²) in [7, 11) is 0. The molecule has 6 heteroatoms. The molecule has 2 rings (SSSR count). The monoisotopic (exact) mass is 287 g/mol. The van der Waals surface area contributed by atoms with Crippen molar-refractivity contribution in [2.45, 2.75) is 26.8 Å². The molecule has 1 aromatic carbocycles. The third-order valence-corrected chi connectivity index (χ3v) is 3.32. The number of aromatic nitrogens is 2. The predicted molar refractivity (Wildman–Crippen MR) is 77.6 cm³/mol. The maximum atomic E-state index is 12.1. The van der Waals surface area contributed by atoms with Crippen molar-refractivity contribution in [3.63, 3.8) is 0 Å². The van der Waals surface area contributed by atoms with Crippen molar-refractivity contribution in [3.05, 3.63) is 47.3 Å². The number of nitrogens with one attached hydrogen (secondary N) is 1. The third-order valence-electron chi connectivity index (χ3n) is 3.32. The number of amides is 1. The first-order chi connectivity index (χ1) is 9.91. The topological polar surface area (TPSA) is 84.2 Å². The summed E-state index contributed by atoms with van der Waals surface area (Å²) < 4.78 is 1.68. The molecule has 0 radical (unpaired) electrons. The Morgan fingerprint density at radius 3 is 2.57 bits per heavy atom. The molecule has 0 aliphatic rings. The van der Waals surface area contributed by atoms with Crippen LogP contribution < -0.4 is 5.32 Å². The smallest absolute Gasteiger partial charge is 0.325 e. The van der Waals surface area contributed by atoms with E-state index in [1.54, 1.807) is 11.6 Å². The van der Waals surface area contributed by atoms with Gasteiger partial charge in [-0.2, -0.15) is 5.10 Å². The molecule has 2 aromatic rings. The fourth-order valence-electron chi connectivity index (χ4n) is 2.01. The summed E-state index contributed by atoms with van der Waals surface area (Å²) in [4.78, 5) is 22.9. The van der Waals surface area contributed by atoms with E-state index in [4.69, 9.17) is 5.11 Å². The molecule has 2 N–H and O–H groups in total. The van der Waals surface area contributed by atoms with Crippen LogP contribution in [0.5, 0.6) is 0 Å². The summed E-state index contributed by atoms with van der Waals surface area (Å²) in [5.41, 5.74) is 2.96. The number of carboxylic acids is 1. The molecular weight excluding hydrogens is 270 g/mol. The van der Waals surface area contributed by atoms with Gasteiger partial charge in [-0.3, -0.25) is 9.59 Å². The number of carbonyl (C=O) groups excluding carboxylic acids is 1. The third kappa shape index (κ3) is 2.94. The molecule has 0 unspecified atom stereocenters. The van der Waals surface area contributed by atoms with Gasteiger partial charge in [0.05, 0.1) is 23.1 Å². The zero-order valence-corrected chi connectivity index (χ0v) is 12.1. The van der Waals surface area contributed by atoms with Crippen LogP contribution in [0.3, 0.4) is 0 Å². The molecule has 110 valence electrons. The summed E-state index contributed by atoms with van der Waals surface area (Å²) in [6.45, 7) is 5.16. The lowest BCUT2D eigenvalue weighted by Gasteiger charge is -2.10. The number of carboxylic acid groups (broad SMARTS) is 1. The van der Waals surface area contributed by atoms with E-state index in [0.29, 0.717) is 11.3 Å². The highest BCUT2D eigenvalue weighted by molar-refractivity contribution is 5.97. The Hall–Kier alpha value is -2.63. The van der Waals surface area contributed by atoms with Gasteiger partial charge in [-0.15, -0.1) is 0 Å². The van der Waals surface area contributed by atoms with E-state index >= 15 is 0 Å². The highest BCUT2D eigenvalue weighted by Gasteiger charge is 2.20. The van der Waals surface area contributed by atoms with Gasteiger partial charge in [0.1, 0.15) is 6.04 Å². The number of carbonyl (C=O) groups is 2. The Bertz CT molecular complexity index is 691. The molecule has 0 fully saturated rings. The molecule has 6 nitrogen and oxygen atoms in total. The first-order valence-corrected chi connectivity index (χ1v) is 6.56. The summed E-state index contributed by atoms with van der Waals surface area (Å²) >= 11 is 0. The van der Waals surface area contributed by atoms with Gasteiger partial charge in [-0.1, -0.05) is 18.2 Å². The first-order valence-electron chi connectivity index (χ1n) is 6.56. The van der Waals surface area contributed by atoms with E-state index in [9.17, 15) is 9.59 Å². The number of benzene rings is 1. The second-order valence-electron chi connectivity index (χ2n) is 4.88. The highest BCUT2D eigenvalue weighted by Crippen LogP contribution is 2.17. The largest absolute Gasteiger partial charge is 0.480 e. The van der Waals surface area contributed by atoms with Crippen molar-refractivity contribution < 1.29 is 14.7 Å². The number of rotatable bonds is 4. The Kier molecular flexibility index (Phi) is 4.07. The SMILES string of the molecule is Cc1ccccc1-n1ncc(C(=O)N[C@@H](C)C(=O)O)c1C. The van der Waals surface area contributed by atoms with E-state index in [2.05, 4.69) is 10.4 Å². The van der Waals surface area contributed by atoms with Crippen molar-refractivity contribution in [1.82, 2.24) is 15.1 Å². The van der Waals surface area contributed by atoms with E-state index in [0.717, 1.165) is 11.3 Å². The van der Waals surface area contributed by atoms with Crippen molar-refractivity contribution in [2.75, 3.05) is 0 Å². The van der Waals surface area contributed by atoms with Crippen molar-refractivity contribution in [2.24, 2.45) is 0 Å². The molecule has 1 amide bonds. The molecule has 1 heterocycles. The lowest BCUT2D eigenvalue weighted by atomic mass is 10.2. The van der Waals surface area contributed by atoms with Gasteiger partial charge in [0.15, 0.2) is 0 Å². The molecule has 0 saturated heterocycles. The molecule has 0 bridgehead atoms. The highest BCUT2D eigenvalue weighted by atomic mass is 16.4. The number of aryl methyl sites for hydroxylation is 1. The van der Waals surface area contributed by atoms with Gasteiger partial charge >= 0.3 is 5.97 Å². The molecule has 0 aliphatic carbocycles. The number of hydrogen-bond acceptors (Lipinski definition) is 3. The Morgan fingerprint density at radius 1 is 1.29 bits per heavy atom. The van der Waals surface area contributed by atoms with Crippen LogP contribution in [0, 0.1) is 13.8 Å². The van der Waals surface area contributed by atoms with Crippen LogP contribution >= 0.6 is 0 Å². The van der Waals surface area contributed by atoms with Crippen molar-refractivity contribution in [3.8, 4) is 5.69 Å². The zero-order valence-electron chi connectivity index (χ0n) is 12.1. The summed E-state index contributed by atoms with van der Waals surface area (Å²) in [5, 5.41) is 15.5. The van der Waals surface area contributed by atoms with Crippen LogP contribution in [-0.2, 0) is 4.79 Å². The minimum Gasteiger partial charge on any atom is -0.480 e. The maximum absolute atomic E-state index is 12.1. The maximum Gasteiger partial charge on any atom is 0.325 e. The number of nitrogens with zero attached hydrogens (tertiary/aromatic N) is 2. The lowest BCUT2D eigenvalue weighted by molar-refractivity contribution is -0.138. The van der Waals surface area contributed by atoms with E-state index in [1.807, 2.05) is 31.2 Å². The van der Waals surface area contributed by atoms with Gasteiger partial charge in [0.25, 0.3) is 5.91 Å². The fourth-order valence-corrected chi connectivity index (χ4v) is 2.01. The molecule has 1 atom stereocenters. The summed E-state index contributed by atoms with van der Waals surface area (Å²) in [6, 6.07) is 6.76. The number of aliphatic carboxylic acids is 1. The fraction of sp³-hybridized carbons (Fsp3) is 0.267. The molecule has 0 spiro atoms. The van der Waals surface area contributed by atoms with Gasteiger partial charge in [0.2, 0.25) is 0 Å². The van der Waals surface area contributed by atoms with E-state index < -0.39 is 17.9 Å². The summed E-state index contributed by atoms with van der Waals surface area (Å²) in [5.74, 6) is -1.52. The Labute approximate surface area is 122 Å². The Balaban J connectivity index is 2.31. The van der Waals surface area contributed by atoms with E-state index in [-0.39, 0.29) is 0 Å². The quantitative estimate of drug-likeness (QED) is 0.896. The van der Waals surface area contributed by atoms with Gasteiger partial charge in [-0.25, -0.2) is 4.68 Å². The zero-order chi connectivity index (χ0) is 15.6. The van der Waals surface area contributed by atoms with Gasteiger partial charge in [0, 0.05) is 0 Å². The van der Waals surface area contributed by atoms with Crippen molar-refractivity contribution >= 4 is 11.9 Å². The standard InChI is InChI=1S/C15H17N3O3/c1-9-6-4-5-7-13(9)18-11(3)12(8-16-18)14(19)17-10(2)15(20)21/h4-8,10H,1-3H3,(H,17,19)(H,20,21)/t10-/m0/s1. The molecule has 1 aromatic heterocycles. The normalized spacial score (nSPS) is 12.0. The molecule has 21 heavy (non-hydrogen) atoms. The van der Waals surface area contributed by atoms with Crippen LogP contribution in [-0.4, -0.2) is 32.8 Å². The van der Waals surface area contributed by atoms with Crippen LogP contribution in [0.2, 0.25) is 0 Å². The second-order valence-corrected chi connectivity index (χ2v) is 4.88. The number of hydrogen-bond donors (Lipinski definition) is 2.